The number of unbranched alkanes of at least 4 members (excludes halogenated alkanes) is 1. The van der Waals surface area contributed by atoms with Crippen LogP contribution >= 0.6 is 0 Å². The average Bonchev–Trinajstić information content (AvgIpc) is 3.09. The molecule has 144 valence electrons. The number of benzene rings is 1. The van der Waals surface area contributed by atoms with Gasteiger partial charge in [-0.1, -0.05) is 31.5 Å². The molecule has 3 aromatic rings. The van der Waals surface area contributed by atoms with Crippen molar-refractivity contribution < 1.29 is 9.53 Å². The minimum absolute atomic E-state index is 0.324. The summed E-state index contributed by atoms with van der Waals surface area (Å²) in [6.07, 6.45) is 4.80. The van der Waals surface area contributed by atoms with E-state index in [9.17, 15) is 4.79 Å². The minimum atomic E-state index is -0.324. The highest BCUT2D eigenvalue weighted by Crippen LogP contribution is 2.42. The largest absolute Gasteiger partial charge is 0.481 e. The highest BCUT2D eigenvalue weighted by Gasteiger charge is 2.34. The Morgan fingerprint density at radius 2 is 2.11 bits per heavy atom. The quantitative estimate of drug-likeness (QED) is 0.660. The highest BCUT2D eigenvalue weighted by molar-refractivity contribution is 6.02. The SMILES string of the molecule is CCCCN1Cc2nc3c(-c4cccnc4OC)cccc3c(N)c2C1C=O. The molecule has 1 aromatic carbocycles. The Kier molecular flexibility index (Phi) is 4.96. The molecule has 6 nitrogen and oxygen atoms in total. The first-order valence-corrected chi connectivity index (χ1v) is 9.59. The van der Waals surface area contributed by atoms with Crippen LogP contribution in [0.4, 0.5) is 5.69 Å². The van der Waals surface area contributed by atoms with E-state index in [1.807, 2.05) is 30.3 Å². The predicted octanol–water partition coefficient (Wildman–Crippen LogP) is 3.74. The maximum absolute atomic E-state index is 11.9. The third-order valence-electron chi connectivity index (χ3n) is 5.40. The number of hydrogen-bond acceptors (Lipinski definition) is 6. The fraction of sp³-hybridized carbons (Fsp3) is 0.318. The van der Waals surface area contributed by atoms with Crippen molar-refractivity contribution in [3.05, 3.63) is 47.8 Å². The molecular formula is C22H24N4O2. The van der Waals surface area contributed by atoms with Gasteiger partial charge in [-0.3, -0.25) is 9.88 Å². The smallest absolute Gasteiger partial charge is 0.221 e. The van der Waals surface area contributed by atoms with Crippen molar-refractivity contribution >= 4 is 22.9 Å². The van der Waals surface area contributed by atoms with Crippen molar-refractivity contribution in [1.29, 1.82) is 0 Å². The van der Waals surface area contributed by atoms with E-state index >= 15 is 0 Å². The summed E-state index contributed by atoms with van der Waals surface area (Å²) in [6, 6.07) is 9.43. The van der Waals surface area contributed by atoms with Crippen LogP contribution in [0, 0.1) is 0 Å². The lowest BCUT2D eigenvalue weighted by Crippen LogP contribution is -2.24. The third-order valence-corrected chi connectivity index (χ3v) is 5.40. The van der Waals surface area contributed by atoms with Gasteiger partial charge in [0.15, 0.2) is 0 Å². The summed E-state index contributed by atoms with van der Waals surface area (Å²) in [4.78, 5) is 23.3. The number of nitrogens with zero attached hydrogens (tertiary/aromatic N) is 3. The molecule has 0 aliphatic carbocycles. The number of carbonyl (C=O) groups excluding carboxylic acids is 1. The van der Waals surface area contributed by atoms with Crippen LogP contribution in [0.5, 0.6) is 5.88 Å². The van der Waals surface area contributed by atoms with Gasteiger partial charge in [0.25, 0.3) is 0 Å². The molecule has 6 heteroatoms. The number of para-hydroxylation sites is 1. The van der Waals surface area contributed by atoms with Crippen molar-refractivity contribution in [2.45, 2.75) is 32.4 Å². The number of aromatic nitrogens is 2. The molecule has 2 aromatic heterocycles. The molecule has 0 saturated carbocycles. The molecule has 2 N–H and O–H groups in total. The zero-order valence-corrected chi connectivity index (χ0v) is 16.2. The molecule has 1 aliphatic rings. The van der Waals surface area contributed by atoms with Gasteiger partial charge in [-0.15, -0.1) is 0 Å². The molecule has 1 aliphatic heterocycles. The van der Waals surface area contributed by atoms with Gasteiger partial charge in [0.05, 0.1) is 24.4 Å². The summed E-state index contributed by atoms with van der Waals surface area (Å²) in [7, 11) is 1.61. The summed E-state index contributed by atoms with van der Waals surface area (Å²) in [6.45, 7) is 3.64. The number of pyridine rings is 2. The summed E-state index contributed by atoms with van der Waals surface area (Å²) in [5.74, 6) is 0.547. The van der Waals surface area contributed by atoms with Crippen LogP contribution in [0.1, 0.15) is 37.1 Å². The van der Waals surface area contributed by atoms with Crippen LogP contribution in [-0.4, -0.2) is 34.8 Å². The number of aldehydes is 1. The second-order valence-corrected chi connectivity index (χ2v) is 7.05. The van der Waals surface area contributed by atoms with E-state index in [0.29, 0.717) is 18.1 Å². The molecule has 1 unspecified atom stereocenters. The topological polar surface area (TPSA) is 81.3 Å². The van der Waals surface area contributed by atoms with Crippen molar-refractivity contribution in [3.8, 4) is 17.0 Å². The summed E-state index contributed by atoms with van der Waals surface area (Å²) >= 11 is 0. The zero-order valence-electron chi connectivity index (χ0n) is 16.2. The van der Waals surface area contributed by atoms with Crippen LogP contribution in [-0.2, 0) is 11.3 Å². The van der Waals surface area contributed by atoms with Crippen molar-refractivity contribution in [2.75, 3.05) is 19.4 Å². The lowest BCUT2D eigenvalue weighted by atomic mass is 9.98. The number of anilines is 1. The molecular weight excluding hydrogens is 352 g/mol. The van der Waals surface area contributed by atoms with Crippen LogP contribution in [0.25, 0.3) is 22.0 Å². The highest BCUT2D eigenvalue weighted by atomic mass is 16.5. The van der Waals surface area contributed by atoms with E-state index in [1.165, 1.54) is 0 Å². The second-order valence-electron chi connectivity index (χ2n) is 7.05. The Balaban J connectivity index is 1.91. The van der Waals surface area contributed by atoms with Crippen LogP contribution in [0.3, 0.4) is 0 Å². The molecule has 1 atom stereocenters. The van der Waals surface area contributed by atoms with Crippen molar-refractivity contribution in [2.24, 2.45) is 0 Å². The fourth-order valence-corrected chi connectivity index (χ4v) is 4.01. The van der Waals surface area contributed by atoms with Gasteiger partial charge in [-0.2, -0.15) is 0 Å². The molecule has 0 saturated heterocycles. The number of rotatable bonds is 6. The Labute approximate surface area is 164 Å². The van der Waals surface area contributed by atoms with E-state index < -0.39 is 0 Å². The number of nitrogen functional groups attached to an aromatic ring is 1. The van der Waals surface area contributed by atoms with Gasteiger partial charge < -0.3 is 15.3 Å². The fourth-order valence-electron chi connectivity index (χ4n) is 4.01. The lowest BCUT2D eigenvalue weighted by molar-refractivity contribution is -0.112. The first-order chi connectivity index (χ1) is 13.7. The molecule has 0 radical (unpaired) electrons. The van der Waals surface area contributed by atoms with Gasteiger partial charge in [0, 0.05) is 40.5 Å². The summed E-state index contributed by atoms with van der Waals surface area (Å²) in [5, 5.41) is 0.853. The third kappa shape index (κ3) is 2.90. The van der Waals surface area contributed by atoms with Crippen LogP contribution in [0.2, 0.25) is 0 Å². The first-order valence-electron chi connectivity index (χ1n) is 9.59. The van der Waals surface area contributed by atoms with Crippen LogP contribution < -0.4 is 10.5 Å². The van der Waals surface area contributed by atoms with Crippen molar-refractivity contribution in [3.63, 3.8) is 0 Å². The van der Waals surface area contributed by atoms with Gasteiger partial charge in [0.1, 0.15) is 6.29 Å². The lowest BCUT2D eigenvalue weighted by Gasteiger charge is -2.20. The van der Waals surface area contributed by atoms with E-state index in [4.69, 9.17) is 15.5 Å². The number of carbonyl (C=O) groups is 1. The maximum Gasteiger partial charge on any atom is 0.221 e. The number of hydrogen-bond donors (Lipinski definition) is 1. The molecule has 0 spiro atoms. The van der Waals surface area contributed by atoms with E-state index in [1.54, 1.807) is 13.3 Å². The monoisotopic (exact) mass is 376 g/mol. The Morgan fingerprint density at radius 3 is 2.86 bits per heavy atom. The Hall–Kier alpha value is -2.99. The first kappa shape index (κ1) is 18.4. The Morgan fingerprint density at radius 1 is 1.29 bits per heavy atom. The van der Waals surface area contributed by atoms with Gasteiger partial charge in [0.2, 0.25) is 5.88 Å². The Bertz CT molecular complexity index is 1030. The second kappa shape index (κ2) is 7.56. The van der Waals surface area contributed by atoms with Gasteiger partial charge in [-0.25, -0.2) is 4.98 Å². The maximum atomic E-state index is 11.9. The number of methoxy groups -OCH3 is 1. The predicted molar refractivity (Wildman–Crippen MR) is 110 cm³/mol. The number of fused-ring (bicyclic) bond motifs is 2. The molecule has 3 heterocycles. The zero-order chi connectivity index (χ0) is 19.7. The van der Waals surface area contributed by atoms with E-state index in [0.717, 1.165) is 59.0 Å². The molecule has 4 rings (SSSR count). The molecule has 0 bridgehead atoms. The van der Waals surface area contributed by atoms with Gasteiger partial charge >= 0.3 is 0 Å². The number of ether oxygens (including phenoxy) is 1. The molecule has 0 fully saturated rings. The molecule has 0 amide bonds. The standard InChI is InChI=1S/C22H24N4O2/c1-3-4-11-26-12-17-19(18(26)13-27)20(23)16-8-5-7-14(21(16)25-17)15-9-6-10-24-22(15)28-2/h5-10,13,18H,3-4,11-12H2,1-2H3,(H2,23,25). The number of nitrogens with two attached hydrogens (primary N) is 1. The van der Waals surface area contributed by atoms with E-state index in [-0.39, 0.29) is 6.04 Å². The van der Waals surface area contributed by atoms with E-state index in [2.05, 4.69) is 16.8 Å². The van der Waals surface area contributed by atoms with Gasteiger partial charge in [-0.05, 0) is 25.1 Å². The minimum Gasteiger partial charge on any atom is -0.481 e. The summed E-state index contributed by atoms with van der Waals surface area (Å²) < 4.78 is 5.44. The average molecular weight is 376 g/mol. The summed E-state index contributed by atoms with van der Waals surface area (Å²) in [5.41, 5.74) is 11.6. The normalized spacial score (nSPS) is 16.3. The molecule has 28 heavy (non-hydrogen) atoms. The van der Waals surface area contributed by atoms with Crippen LogP contribution in [0.15, 0.2) is 36.5 Å². The van der Waals surface area contributed by atoms with Crippen molar-refractivity contribution in [1.82, 2.24) is 14.9 Å².